The summed E-state index contributed by atoms with van der Waals surface area (Å²) in [6.45, 7) is 5.77. The van der Waals surface area contributed by atoms with E-state index in [1.54, 1.807) is 23.4 Å². The summed E-state index contributed by atoms with van der Waals surface area (Å²) >= 11 is 0. The summed E-state index contributed by atoms with van der Waals surface area (Å²) in [6.07, 6.45) is 4.39. The average Bonchev–Trinajstić information content (AvgIpc) is 3.22. The quantitative estimate of drug-likeness (QED) is 0.445. The number of piperidine rings is 1. The summed E-state index contributed by atoms with van der Waals surface area (Å²) in [6, 6.07) is 9.40. The van der Waals surface area contributed by atoms with Gasteiger partial charge in [0.05, 0.1) is 18.4 Å². The largest absolute Gasteiger partial charge is 0.395 e. The highest BCUT2D eigenvalue weighted by atomic mass is 16.3. The Morgan fingerprint density at radius 2 is 2.03 bits per heavy atom. The number of aryl methyl sites for hydroxylation is 1. The highest BCUT2D eigenvalue weighted by Crippen LogP contribution is 2.37. The van der Waals surface area contributed by atoms with Gasteiger partial charge in [0.15, 0.2) is 0 Å². The first-order chi connectivity index (χ1) is 16.9. The van der Waals surface area contributed by atoms with Crippen LogP contribution in [-0.2, 0) is 5.41 Å². The number of rotatable bonds is 5. The molecule has 4 N–H and O–H groups in total. The lowest BCUT2D eigenvalue weighted by Gasteiger charge is -2.29. The lowest BCUT2D eigenvalue weighted by molar-refractivity contribution is 0.0546. The molecule has 1 fully saturated rings. The average molecular weight is 475 g/mol. The molecule has 1 atom stereocenters. The van der Waals surface area contributed by atoms with E-state index in [4.69, 9.17) is 0 Å². The lowest BCUT2D eigenvalue weighted by atomic mass is 9.85. The van der Waals surface area contributed by atoms with Crippen molar-refractivity contribution in [1.29, 1.82) is 0 Å². The monoisotopic (exact) mass is 474 g/mol. The summed E-state index contributed by atoms with van der Waals surface area (Å²) in [5.41, 5.74) is 4.52. The number of carbonyl (C=O) groups excluding carboxylic acids is 1. The van der Waals surface area contributed by atoms with Crippen molar-refractivity contribution in [2.24, 2.45) is 0 Å². The van der Waals surface area contributed by atoms with Crippen LogP contribution in [0.15, 0.2) is 42.7 Å². The Morgan fingerprint density at radius 3 is 2.77 bits per heavy atom. The van der Waals surface area contributed by atoms with Crippen molar-refractivity contribution < 1.29 is 15.0 Å². The molecule has 0 spiro atoms. The van der Waals surface area contributed by atoms with E-state index in [9.17, 15) is 15.0 Å². The second-order valence-electron chi connectivity index (χ2n) is 9.64. The van der Waals surface area contributed by atoms with Crippen LogP contribution in [0.2, 0.25) is 0 Å². The van der Waals surface area contributed by atoms with Gasteiger partial charge in [-0.15, -0.1) is 0 Å². The molecular weight excluding hydrogens is 444 g/mol. The van der Waals surface area contributed by atoms with Crippen molar-refractivity contribution >= 4 is 23.4 Å². The number of fused-ring (bicyclic) bond motifs is 1. The Kier molecular flexibility index (Phi) is 6.12. The molecule has 0 bridgehead atoms. The van der Waals surface area contributed by atoms with E-state index in [1.807, 2.05) is 38.1 Å². The smallest absolute Gasteiger partial charge is 0.253 e. The zero-order valence-corrected chi connectivity index (χ0v) is 20.0. The maximum absolute atomic E-state index is 12.9. The van der Waals surface area contributed by atoms with Gasteiger partial charge in [-0.25, -0.2) is 15.0 Å². The van der Waals surface area contributed by atoms with Gasteiger partial charge in [-0.1, -0.05) is 6.92 Å². The number of benzene rings is 1. The molecule has 182 valence electrons. The van der Waals surface area contributed by atoms with E-state index in [1.165, 1.54) is 0 Å². The van der Waals surface area contributed by atoms with E-state index in [0.717, 1.165) is 33.9 Å². The van der Waals surface area contributed by atoms with E-state index in [-0.39, 0.29) is 24.0 Å². The lowest BCUT2D eigenvalue weighted by Crippen LogP contribution is -2.40. The molecule has 0 saturated carbocycles. The van der Waals surface area contributed by atoms with Gasteiger partial charge in [0, 0.05) is 59.8 Å². The standard InChI is InChI=1S/C26H30N6O3/c1-16-11-17(24(35)32-9-6-19(34)7-10-32)3-4-21(16)30-25-27-8-5-22(31-25)18-12-20-23(28-13-18)29-14-26(20,2)15-33/h3-5,8,11-13,19,33-34H,6-7,9-10,14-15H2,1-2H3,(H,28,29)(H,27,30,31). The number of nitrogens with zero attached hydrogens (tertiary/aromatic N) is 4. The zero-order valence-electron chi connectivity index (χ0n) is 20.0. The third kappa shape index (κ3) is 4.56. The minimum Gasteiger partial charge on any atom is -0.395 e. The van der Waals surface area contributed by atoms with Crippen LogP contribution in [0.1, 0.15) is 41.3 Å². The predicted molar refractivity (Wildman–Crippen MR) is 134 cm³/mol. The van der Waals surface area contributed by atoms with Crippen molar-refractivity contribution in [3.63, 3.8) is 0 Å². The second kappa shape index (κ2) is 9.24. The summed E-state index contributed by atoms with van der Waals surface area (Å²) in [5.74, 6) is 1.22. The topological polar surface area (TPSA) is 124 Å². The molecule has 2 aromatic heterocycles. The van der Waals surface area contributed by atoms with Crippen molar-refractivity contribution in [2.75, 3.05) is 36.9 Å². The summed E-state index contributed by atoms with van der Waals surface area (Å²) < 4.78 is 0. The third-order valence-corrected chi connectivity index (χ3v) is 6.96. The number of aromatic nitrogens is 3. The zero-order chi connectivity index (χ0) is 24.6. The summed E-state index contributed by atoms with van der Waals surface area (Å²) in [5, 5.41) is 26.1. The van der Waals surface area contributed by atoms with Crippen LogP contribution < -0.4 is 10.6 Å². The van der Waals surface area contributed by atoms with Crippen LogP contribution in [0, 0.1) is 6.92 Å². The number of aliphatic hydroxyl groups is 2. The van der Waals surface area contributed by atoms with Crippen LogP contribution >= 0.6 is 0 Å². The van der Waals surface area contributed by atoms with E-state index >= 15 is 0 Å². The number of aliphatic hydroxyl groups excluding tert-OH is 2. The Labute approximate surface area is 204 Å². The first-order valence-corrected chi connectivity index (χ1v) is 11.9. The fraction of sp³-hybridized carbons (Fsp3) is 0.385. The molecule has 2 aliphatic heterocycles. The molecule has 35 heavy (non-hydrogen) atoms. The van der Waals surface area contributed by atoms with Gasteiger partial charge in [-0.2, -0.15) is 0 Å². The summed E-state index contributed by atoms with van der Waals surface area (Å²) in [7, 11) is 0. The number of carbonyl (C=O) groups is 1. The minimum atomic E-state index is -0.378. The van der Waals surface area contributed by atoms with Gasteiger partial charge < -0.3 is 25.7 Å². The van der Waals surface area contributed by atoms with Crippen LogP contribution in [0.25, 0.3) is 11.3 Å². The van der Waals surface area contributed by atoms with Crippen LogP contribution in [0.4, 0.5) is 17.5 Å². The van der Waals surface area contributed by atoms with Gasteiger partial charge in [-0.3, -0.25) is 4.79 Å². The van der Waals surface area contributed by atoms with E-state index < -0.39 is 0 Å². The van der Waals surface area contributed by atoms with Gasteiger partial charge >= 0.3 is 0 Å². The van der Waals surface area contributed by atoms with Crippen LogP contribution in [0.3, 0.4) is 0 Å². The van der Waals surface area contributed by atoms with Gasteiger partial charge in [0.1, 0.15) is 5.82 Å². The Bertz CT molecular complexity index is 1260. The van der Waals surface area contributed by atoms with Crippen LogP contribution in [-0.4, -0.2) is 68.3 Å². The number of hydrogen-bond donors (Lipinski definition) is 4. The highest BCUT2D eigenvalue weighted by Gasteiger charge is 2.35. The molecule has 9 heteroatoms. The molecule has 0 radical (unpaired) electrons. The Hall–Kier alpha value is -3.56. The maximum atomic E-state index is 12.9. The van der Waals surface area contributed by atoms with E-state index in [0.29, 0.717) is 44.0 Å². The van der Waals surface area contributed by atoms with Gasteiger partial charge in [0.25, 0.3) is 5.91 Å². The number of anilines is 3. The van der Waals surface area contributed by atoms with Crippen molar-refractivity contribution in [3.05, 3.63) is 59.4 Å². The van der Waals surface area contributed by atoms with E-state index in [2.05, 4.69) is 25.6 Å². The fourth-order valence-corrected chi connectivity index (χ4v) is 4.61. The normalized spacial score (nSPS) is 19.8. The predicted octanol–water partition coefficient (Wildman–Crippen LogP) is 2.86. The van der Waals surface area contributed by atoms with Gasteiger partial charge in [0.2, 0.25) is 5.95 Å². The molecular formula is C26H30N6O3. The number of pyridine rings is 1. The number of likely N-dealkylation sites (tertiary alicyclic amines) is 1. The molecule has 4 heterocycles. The van der Waals surface area contributed by atoms with Gasteiger partial charge in [-0.05, 0) is 55.7 Å². The first kappa shape index (κ1) is 23.2. The Morgan fingerprint density at radius 1 is 1.23 bits per heavy atom. The Balaban J connectivity index is 1.34. The maximum Gasteiger partial charge on any atom is 0.253 e. The number of nitrogens with one attached hydrogen (secondary N) is 2. The molecule has 1 unspecified atom stereocenters. The van der Waals surface area contributed by atoms with Crippen molar-refractivity contribution in [2.45, 2.75) is 38.2 Å². The second-order valence-corrected chi connectivity index (χ2v) is 9.64. The molecule has 1 saturated heterocycles. The minimum absolute atomic E-state index is 0.0155. The van der Waals surface area contributed by atoms with Crippen molar-refractivity contribution in [1.82, 2.24) is 19.9 Å². The molecule has 1 aromatic carbocycles. The first-order valence-electron chi connectivity index (χ1n) is 11.9. The molecule has 0 aliphatic carbocycles. The third-order valence-electron chi connectivity index (χ3n) is 6.96. The molecule has 3 aromatic rings. The highest BCUT2D eigenvalue weighted by molar-refractivity contribution is 5.95. The van der Waals surface area contributed by atoms with Crippen LogP contribution in [0.5, 0.6) is 0 Å². The molecule has 1 amide bonds. The number of hydrogen-bond acceptors (Lipinski definition) is 8. The molecule has 9 nitrogen and oxygen atoms in total. The van der Waals surface area contributed by atoms with Crippen molar-refractivity contribution in [3.8, 4) is 11.3 Å². The fourth-order valence-electron chi connectivity index (χ4n) is 4.61. The SMILES string of the molecule is Cc1cc(C(=O)N2CCC(O)CC2)ccc1Nc1nccc(-c2cnc3c(c2)C(C)(CO)CN3)n1. The number of amides is 1. The molecule has 2 aliphatic rings. The molecule has 5 rings (SSSR count). The summed E-state index contributed by atoms with van der Waals surface area (Å²) in [4.78, 5) is 28.2.